The molecule has 0 aliphatic rings. The molecule has 4 heteroatoms. The molecule has 2 aromatic rings. The summed E-state index contributed by atoms with van der Waals surface area (Å²) in [4.78, 5) is 2.19. The van der Waals surface area contributed by atoms with Gasteiger partial charge >= 0.3 is 0 Å². The van der Waals surface area contributed by atoms with Crippen molar-refractivity contribution in [2.75, 3.05) is 19.9 Å². The van der Waals surface area contributed by atoms with Crippen LogP contribution in [0, 0.1) is 11.3 Å². The van der Waals surface area contributed by atoms with Gasteiger partial charge in [-0.3, -0.25) is 4.90 Å². The number of ether oxygens (including phenoxy) is 1. The topological polar surface area (TPSA) is 62.3 Å². The van der Waals surface area contributed by atoms with E-state index in [2.05, 4.69) is 17.0 Å². The average molecular weight is 281 g/mol. The molecule has 0 amide bonds. The van der Waals surface area contributed by atoms with Crippen molar-refractivity contribution >= 4 is 5.69 Å². The predicted octanol–water partition coefficient (Wildman–Crippen LogP) is 2.78. The number of rotatable bonds is 5. The first-order chi connectivity index (χ1) is 10.1. The molecule has 2 rings (SSSR count). The molecule has 0 unspecified atom stereocenters. The van der Waals surface area contributed by atoms with Crippen molar-refractivity contribution in [2.24, 2.45) is 0 Å². The van der Waals surface area contributed by atoms with Crippen LogP contribution in [0.3, 0.4) is 0 Å². The normalized spacial score (nSPS) is 10.4. The van der Waals surface area contributed by atoms with E-state index in [1.807, 2.05) is 37.4 Å². The van der Waals surface area contributed by atoms with Crippen molar-refractivity contribution in [2.45, 2.75) is 13.1 Å². The molecule has 0 saturated heterocycles. The second kappa shape index (κ2) is 6.78. The summed E-state index contributed by atoms with van der Waals surface area (Å²) in [7, 11) is 3.63. The molecule has 0 radical (unpaired) electrons. The summed E-state index contributed by atoms with van der Waals surface area (Å²) in [5.41, 5.74) is 9.41. The number of nitrogen functional groups attached to an aromatic ring is 1. The number of benzene rings is 2. The molecule has 0 spiro atoms. The number of hydrogen-bond donors (Lipinski definition) is 1. The van der Waals surface area contributed by atoms with Crippen LogP contribution in [0.5, 0.6) is 5.75 Å². The van der Waals surface area contributed by atoms with Gasteiger partial charge in [-0.2, -0.15) is 5.26 Å². The van der Waals surface area contributed by atoms with Gasteiger partial charge in [0.05, 0.1) is 12.7 Å². The quantitative estimate of drug-likeness (QED) is 0.856. The van der Waals surface area contributed by atoms with Crippen LogP contribution in [0.2, 0.25) is 0 Å². The van der Waals surface area contributed by atoms with Crippen molar-refractivity contribution in [1.29, 1.82) is 5.26 Å². The first-order valence-corrected chi connectivity index (χ1v) is 6.72. The monoisotopic (exact) mass is 281 g/mol. The van der Waals surface area contributed by atoms with E-state index in [-0.39, 0.29) is 0 Å². The lowest BCUT2D eigenvalue weighted by molar-refractivity contribution is 0.318. The van der Waals surface area contributed by atoms with E-state index < -0.39 is 0 Å². The first kappa shape index (κ1) is 14.9. The maximum Gasteiger partial charge on any atom is 0.136 e. The lowest BCUT2D eigenvalue weighted by Gasteiger charge is -2.17. The Morgan fingerprint density at radius 3 is 2.48 bits per heavy atom. The van der Waals surface area contributed by atoms with E-state index in [9.17, 15) is 0 Å². The molecular formula is C17H19N3O. The highest BCUT2D eigenvalue weighted by Crippen LogP contribution is 2.20. The molecule has 0 bridgehead atoms. The number of hydrogen-bond acceptors (Lipinski definition) is 4. The number of nitrogens with two attached hydrogens (primary N) is 1. The second-order valence-corrected chi connectivity index (χ2v) is 5.06. The number of anilines is 1. The van der Waals surface area contributed by atoms with E-state index in [1.165, 1.54) is 5.56 Å². The maximum atomic E-state index is 8.99. The fraction of sp³-hybridized carbons (Fsp3) is 0.235. The smallest absolute Gasteiger partial charge is 0.136 e. The van der Waals surface area contributed by atoms with E-state index in [0.717, 1.165) is 24.3 Å². The van der Waals surface area contributed by atoms with E-state index in [4.69, 9.17) is 15.7 Å². The molecule has 0 aliphatic heterocycles. The molecule has 4 nitrogen and oxygen atoms in total. The van der Waals surface area contributed by atoms with Crippen LogP contribution in [-0.4, -0.2) is 19.1 Å². The molecule has 2 N–H and O–H groups in total. The van der Waals surface area contributed by atoms with Gasteiger partial charge in [0.1, 0.15) is 11.8 Å². The van der Waals surface area contributed by atoms with Gasteiger partial charge < -0.3 is 10.5 Å². The Bertz CT molecular complexity index is 661. The van der Waals surface area contributed by atoms with Gasteiger partial charge in [0.15, 0.2) is 0 Å². The van der Waals surface area contributed by atoms with Crippen molar-refractivity contribution in [3.63, 3.8) is 0 Å². The Balaban J connectivity index is 2.06. The fourth-order valence-corrected chi connectivity index (χ4v) is 2.30. The summed E-state index contributed by atoms with van der Waals surface area (Å²) >= 11 is 0. The largest absolute Gasteiger partial charge is 0.495 e. The van der Waals surface area contributed by atoms with Gasteiger partial charge in [-0.1, -0.05) is 18.2 Å². The predicted molar refractivity (Wildman–Crippen MR) is 83.7 cm³/mol. The molecule has 0 aromatic heterocycles. The third kappa shape index (κ3) is 3.98. The molecular weight excluding hydrogens is 262 g/mol. The molecule has 2 aromatic carbocycles. The summed E-state index contributed by atoms with van der Waals surface area (Å²) < 4.78 is 5.23. The molecule has 0 atom stereocenters. The lowest BCUT2D eigenvalue weighted by atomic mass is 10.1. The summed E-state index contributed by atoms with van der Waals surface area (Å²) in [6, 6.07) is 15.7. The van der Waals surface area contributed by atoms with E-state index in [1.54, 1.807) is 13.2 Å². The first-order valence-electron chi connectivity index (χ1n) is 6.72. The maximum absolute atomic E-state index is 8.99. The van der Waals surface area contributed by atoms with Gasteiger partial charge in [-0.15, -0.1) is 0 Å². The summed E-state index contributed by atoms with van der Waals surface area (Å²) in [6.45, 7) is 1.59. The average Bonchev–Trinajstić information content (AvgIpc) is 2.47. The minimum absolute atomic E-state index is 0.555. The van der Waals surface area contributed by atoms with Crippen LogP contribution in [0.1, 0.15) is 16.7 Å². The van der Waals surface area contributed by atoms with E-state index >= 15 is 0 Å². The minimum Gasteiger partial charge on any atom is -0.495 e. The standard InChI is InChI=1S/C17H19N3O/c1-20(11-13-4-3-5-16(19)8-13)12-14-6-7-15(10-18)17(9-14)21-2/h3-9H,11-12,19H2,1-2H3. The second-order valence-electron chi connectivity index (χ2n) is 5.06. The number of nitrogens with zero attached hydrogens (tertiary/aromatic N) is 2. The Kier molecular flexibility index (Phi) is 4.81. The molecule has 0 aliphatic carbocycles. The van der Waals surface area contributed by atoms with Crippen LogP contribution >= 0.6 is 0 Å². The highest BCUT2D eigenvalue weighted by molar-refractivity contribution is 5.45. The van der Waals surface area contributed by atoms with E-state index in [0.29, 0.717) is 11.3 Å². The number of methoxy groups -OCH3 is 1. The van der Waals surface area contributed by atoms with Crippen molar-refractivity contribution in [3.05, 3.63) is 59.2 Å². The van der Waals surface area contributed by atoms with Crippen LogP contribution in [-0.2, 0) is 13.1 Å². The molecule has 0 heterocycles. The van der Waals surface area contributed by atoms with Crippen molar-refractivity contribution in [1.82, 2.24) is 4.90 Å². The van der Waals surface area contributed by atoms with Gasteiger partial charge in [-0.25, -0.2) is 0 Å². The van der Waals surface area contributed by atoms with Gasteiger partial charge in [0.2, 0.25) is 0 Å². The molecule has 0 fully saturated rings. The van der Waals surface area contributed by atoms with Crippen LogP contribution < -0.4 is 10.5 Å². The van der Waals surface area contributed by atoms with Crippen LogP contribution in [0.25, 0.3) is 0 Å². The Hall–Kier alpha value is -2.51. The number of nitriles is 1. The fourth-order valence-electron chi connectivity index (χ4n) is 2.30. The SMILES string of the molecule is COc1cc(CN(C)Cc2cccc(N)c2)ccc1C#N. The van der Waals surface area contributed by atoms with Gasteiger partial charge in [0.25, 0.3) is 0 Å². The van der Waals surface area contributed by atoms with Crippen LogP contribution in [0.15, 0.2) is 42.5 Å². The zero-order valence-corrected chi connectivity index (χ0v) is 12.3. The van der Waals surface area contributed by atoms with Crippen molar-refractivity contribution < 1.29 is 4.74 Å². The molecule has 0 saturated carbocycles. The summed E-state index contributed by atoms with van der Waals surface area (Å²) in [6.07, 6.45) is 0. The lowest BCUT2D eigenvalue weighted by Crippen LogP contribution is -2.17. The molecule has 108 valence electrons. The van der Waals surface area contributed by atoms with Gasteiger partial charge in [-0.05, 0) is 42.4 Å². The minimum atomic E-state index is 0.555. The zero-order valence-electron chi connectivity index (χ0n) is 12.3. The van der Waals surface area contributed by atoms with Gasteiger partial charge in [0, 0.05) is 18.8 Å². The van der Waals surface area contributed by atoms with Crippen LogP contribution in [0.4, 0.5) is 5.69 Å². The highest BCUT2D eigenvalue weighted by atomic mass is 16.5. The Morgan fingerprint density at radius 2 is 1.86 bits per heavy atom. The zero-order chi connectivity index (χ0) is 15.2. The summed E-state index contributed by atoms with van der Waals surface area (Å²) in [5.74, 6) is 0.618. The third-order valence-electron chi connectivity index (χ3n) is 3.24. The molecule has 21 heavy (non-hydrogen) atoms. The van der Waals surface area contributed by atoms with Crippen molar-refractivity contribution in [3.8, 4) is 11.8 Å². The Morgan fingerprint density at radius 1 is 1.14 bits per heavy atom. The third-order valence-corrected chi connectivity index (χ3v) is 3.24. The highest BCUT2D eigenvalue weighted by Gasteiger charge is 2.06. The Labute approximate surface area is 125 Å². The summed E-state index contributed by atoms with van der Waals surface area (Å²) in [5, 5.41) is 8.99.